The number of aromatic nitrogens is 1. The van der Waals surface area contributed by atoms with Crippen molar-refractivity contribution in [3.63, 3.8) is 0 Å². The molecule has 1 aliphatic heterocycles. The first-order chi connectivity index (χ1) is 15.0. The first-order valence-electron chi connectivity index (χ1n) is 11.3. The molecule has 31 heavy (non-hydrogen) atoms. The van der Waals surface area contributed by atoms with E-state index in [0.29, 0.717) is 18.9 Å². The zero-order valence-electron chi connectivity index (χ0n) is 18.9. The van der Waals surface area contributed by atoms with Gasteiger partial charge < -0.3 is 15.5 Å². The number of hydrogen-bond acceptors (Lipinski definition) is 4. The molecular formula is C24H35N5OS. The van der Waals surface area contributed by atoms with Gasteiger partial charge in [-0.2, -0.15) is 0 Å². The van der Waals surface area contributed by atoms with Gasteiger partial charge in [0.1, 0.15) is 0 Å². The zero-order valence-corrected chi connectivity index (χ0v) is 19.8. The molecule has 1 aromatic carbocycles. The minimum atomic E-state index is 0.249. The first kappa shape index (κ1) is 23.3. The van der Waals surface area contributed by atoms with E-state index in [1.807, 2.05) is 23.1 Å². The van der Waals surface area contributed by atoms with Crippen LogP contribution >= 0.6 is 11.3 Å². The Morgan fingerprint density at radius 3 is 2.77 bits per heavy atom. The highest BCUT2D eigenvalue weighted by Gasteiger charge is 2.29. The predicted molar refractivity (Wildman–Crippen MR) is 129 cm³/mol. The molecule has 0 spiro atoms. The molecule has 0 bridgehead atoms. The molecule has 1 unspecified atom stereocenters. The van der Waals surface area contributed by atoms with Crippen LogP contribution in [0.3, 0.4) is 0 Å². The number of rotatable bonds is 10. The third-order valence-electron chi connectivity index (χ3n) is 5.40. The summed E-state index contributed by atoms with van der Waals surface area (Å²) >= 11 is 1.74. The van der Waals surface area contributed by atoms with Gasteiger partial charge in [-0.1, -0.05) is 44.2 Å². The number of benzene rings is 1. The second kappa shape index (κ2) is 11.8. The van der Waals surface area contributed by atoms with Crippen LogP contribution in [0.5, 0.6) is 0 Å². The Morgan fingerprint density at radius 1 is 1.26 bits per heavy atom. The van der Waals surface area contributed by atoms with Crippen molar-refractivity contribution in [3.8, 4) is 0 Å². The van der Waals surface area contributed by atoms with Crippen LogP contribution in [0.2, 0.25) is 0 Å². The SMILES string of the molecule is CCNC(=NCC1CC(=O)N(CCc2ccccc2)C1)NCCc1csc(C(C)C)n1. The molecular weight excluding hydrogens is 406 g/mol. The van der Waals surface area contributed by atoms with Crippen molar-refractivity contribution in [1.82, 2.24) is 20.5 Å². The molecule has 1 saturated heterocycles. The molecule has 2 heterocycles. The maximum atomic E-state index is 12.4. The maximum absolute atomic E-state index is 12.4. The van der Waals surface area contributed by atoms with Crippen molar-refractivity contribution < 1.29 is 4.79 Å². The number of carbonyl (C=O) groups excluding carboxylic acids is 1. The number of amides is 1. The molecule has 1 aliphatic rings. The summed E-state index contributed by atoms with van der Waals surface area (Å²) in [5.74, 6) is 1.83. The van der Waals surface area contributed by atoms with Crippen LogP contribution in [0, 0.1) is 5.92 Å². The topological polar surface area (TPSA) is 69.6 Å². The Balaban J connectivity index is 1.44. The van der Waals surface area contributed by atoms with Gasteiger partial charge in [-0.05, 0) is 18.9 Å². The van der Waals surface area contributed by atoms with Gasteiger partial charge in [0.05, 0.1) is 10.7 Å². The number of nitrogens with zero attached hydrogens (tertiary/aromatic N) is 3. The summed E-state index contributed by atoms with van der Waals surface area (Å²) in [5, 5.41) is 10.1. The van der Waals surface area contributed by atoms with E-state index in [1.165, 1.54) is 10.6 Å². The fourth-order valence-corrected chi connectivity index (χ4v) is 4.54. The average molecular weight is 442 g/mol. The Bertz CT molecular complexity index is 849. The lowest BCUT2D eigenvalue weighted by Gasteiger charge is -2.16. The number of aliphatic imine (C=N–C) groups is 1. The predicted octanol–water partition coefficient (Wildman–Crippen LogP) is 3.46. The number of carbonyl (C=O) groups is 1. The minimum Gasteiger partial charge on any atom is -0.357 e. The molecule has 0 saturated carbocycles. The van der Waals surface area contributed by atoms with Gasteiger partial charge in [0.2, 0.25) is 5.91 Å². The Labute approximate surface area is 190 Å². The molecule has 2 aromatic rings. The number of hydrogen-bond donors (Lipinski definition) is 2. The van der Waals surface area contributed by atoms with Crippen molar-refractivity contribution in [2.75, 3.05) is 32.7 Å². The van der Waals surface area contributed by atoms with Crippen LogP contribution in [0.1, 0.15) is 49.4 Å². The second-order valence-corrected chi connectivity index (χ2v) is 9.26. The lowest BCUT2D eigenvalue weighted by molar-refractivity contribution is -0.127. The average Bonchev–Trinajstić information content (AvgIpc) is 3.38. The summed E-state index contributed by atoms with van der Waals surface area (Å²) in [5.41, 5.74) is 2.41. The third kappa shape index (κ3) is 7.35. The van der Waals surface area contributed by atoms with E-state index < -0.39 is 0 Å². The largest absolute Gasteiger partial charge is 0.357 e. The van der Waals surface area contributed by atoms with E-state index in [1.54, 1.807) is 11.3 Å². The Kier molecular flexibility index (Phi) is 8.88. The van der Waals surface area contributed by atoms with Crippen LogP contribution in [0.25, 0.3) is 0 Å². The van der Waals surface area contributed by atoms with Crippen LogP contribution in [-0.2, 0) is 17.6 Å². The van der Waals surface area contributed by atoms with Crippen LogP contribution in [0.4, 0.5) is 0 Å². The van der Waals surface area contributed by atoms with E-state index in [0.717, 1.165) is 50.7 Å². The Hall–Kier alpha value is -2.41. The number of nitrogens with one attached hydrogen (secondary N) is 2. The highest BCUT2D eigenvalue weighted by atomic mass is 32.1. The summed E-state index contributed by atoms with van der Waals surface area (Å²) in [6, 6.07) is 10.4. The minimum absolute atomic E-state index is 0.249. The Morgan fingerprint density at radius 2 is 2.06 bits per heavy atom. The van der Waals surface area contributed by atoms with Crippen molar-refractivity contribution in [2.45, 2.75) is 46.0 Å². The van der Waals surface area contributed by atoms with Crippen LogP contribution < -0.4 is 10.6 Å². The molecule has 7 heteroatoms. The second-order valence-electron chi connectivity index (χ2n) is 8.37. The van der Waals surface area contributed by atoms with Gasteiger partial charge >= 0.3 is 0 Å². The monoisotopic (exact) mass is 441 g/mol. The summed E-state index contributed by atoms with van der Waals surface area (Å²) in [6.45, 7) is 10.3. The number of likely N-dealkylation sites (tertiary alicyclic amines) is 1. The fourth-order valence-electron chi connectivity index (χ4n) is 3.67. The van der Waals surface area contributed by atoms with Gasteiger partial charge in [-0.3, -0.25) is 9.79 Å². The highest BCUT2D eigenvalue weighted by Crippen LogP contribution is 2.20. The van der Waals surface area contributed by atoms with Crippen molar-refractivity contribution in [2.24, 2.45) is 10.9 Å². The van der Waals surface area contributed by atoms with E-state index in [4.69, 9.17) is 9.98 Å². The van der Waals surface area contributed by atoms with Gasteiger partial charge in [0, 0.05) is 62.8 Å². The molecule has 3 rings (SSSR count). The van der Waals surface area contributed by atoms with Gasteiger partial charge in [0.15, 0.2) is 5.96 Å². The van der Waals surface area contributed by atoms with E-state index in [-0.39, 0.29) is 11.8 Å². The summed E-state index contributed by atoms with van der Waals surface area (Å²) in [7, 11) is 0. The van der Waals surface area contributed by atoms with E-state index in [2.05, 4.69) is 48.9 Å². The lowest BCUT2D eigenvalue weighted by Crippen LogP contribution is -2.38. The van der Waals surface area contributed by atoms with Crippen molar-refractivity contribution >= 4 is 23.2 Å². The molecule has 0 radical (unpaired) electrons. The van der Waals surface area contributed by atoms with Gasteiger partial charge in [-0.15, -0.1) is 11.3 Å². The highest BCUT2D eigenvalue weighted by molar-refractivity contribution is 7.09. The number of thiazole rings is 1. The smallest absolute Gasteiger partial charge is 0.223 e. The molecule has 1 atom stereocenters. The first-order valence-corrected chi connectivity index (χ1v) is 12.2. The van der Waals surface area contributed by atoms with Crippen molar-refractivity contribution in [3.05, 3.63) is 52.0 Å². The fraction of sp³-hybridized carbons (Fsp3) is 0.542. The molecule has 2 N–H and O–H groups in total. The summed E-state index contributed by atoms with van der Waals surface area (Å²) in [6.07, 6.45) is 2.37. The summed E-state index contributed by atoms with van der Waals surface area (Å²) in [4.78, 5) is 23.8. The quantitative estimate of drug-likeness (QED) is 0.438. The summed E-state index contributed by atoms with van der Waals surface area (Å²) < 4.78 is 0. The molecule has 1 fully saturated rings. The molecule has 0 aliphatic carbocycles. The van der Waals surface area contributed by atoms with E-state index >= 15 is 0 Å². The van der Waals surface area contributed by atoms with Gasteiger partial charge in [-0.25, -0.2) is 4.98 Å². The number of guanidine groups is 1. The standard InChI is InChI=1S/C24H35N5OS/c1-4-25-24(26-12-10-21-17-31-23(28-21)18(2)3)27-15-20-14-22(30)29(16-20)13-11-19-8-6-5-7-9-19/h5-9,17-18,20H,4,10-16H2,1-3H3,(H2,25,26,27). The zero-order chi connectivity index (χ0) is 22.1. The molecule has 168 valence electrons. The maximum Gasteiger partial charge on any atom is 0.223 e. The molecule has 1 aromatic heterocycles. The molecule has 1 amide bonds. The van der Waals surface area contributed by atoms with Crippen LogP contribution in [-0.4, -0.2) is 54.5 Å². The van der Waals surface area contributed by atoms with Crippen LogP contribution in [0.15, 0.2) is 40.7 Å². The molecule has 6 nitrogen and oxygen atoms in total. The normalized spacial score (nSPS) is 16.9. The third-order valence-corrected chi connectivity index (χ3v) is 6.59. The van der Waals surface area contributed by atoms with Crippen molar-refractivity contribution in [1.29, 1.82) is 0 Å². The lowest BCUT2D eigenvalue weighted by atomic mass is 10.1. The van der Waals surface area contributed by atoms with Gasteiger partial charge in [0.25, 0.3) is 0 Å². The van der Waals surface area contributed by atoms with E-state index in [9.17, 15) is 4.79 Å².